The summed E-state index contributed by atoms with van der Waals surface area (Å²) in [4.78, 5) is 23.6. The van der Waals surface area contributed by atoms with E-state index in [0.717, 1.165) is 6.54 Å². The molecular weight excluding hydrogens is 302 g/mol. The number of thiophene rings is 1. The molecule has 1 rings (SSSR count). The maximum atomic E-state index is 11.6. The summed E-state index contributed by atoms with van der Waals surface area (Å²) in [7, 11) is 1.64. The Bertz CT molecular complexity index is 387. The highest BCUT2D eigenvalue weighted by Gasteiger charge is 2.07. The molecule has 0 spiro atoms. The molecule has 0 saturated heterocycles. The van der Waals surface area contributed by atoms with E-state index in [1.54, 1.807) is 19.2 Å². The topological polar surface area (TPSA) is 79.5 Å². The second-order valence-electron chi connectivity index (χ2n) is 3.75. The molecule has 20 heavy (non-hydrogen) atoms. The molecule has 0 aliphatic heterocycles. The smallest absolute Gasteiger partial charge is 0.261 e. The number of carbonyl (C=O) groups is 2. The Morgan fingerprint density at radius 1 is 1.25 bits per heavy atom. The Labute approximate surface area is 128 Å². The highest BCUT2D eigenvalue weighted by atomic mass is 35.5. The van der Waals surface area contributed by atoms with Crippen LogP contribution in [0.5, 0.6) is 0 Å². The number of hydrogen-bond acceptors (Lipinski definition) is 5. The van der Waals surface area contributed by atoms with Gasteiger partial charge in [-0.3, -0.25) is 9.59 Å². The zero-order valence-corrected chi connectivity index (χ0v) is 12.9. The first-order valence-corrected chi connectivity index (χ1v) is 6.90. The summed E-state index contributed by atoms with van der Waals surface area (Å²) in [6.45, 7) is 2.59. The van der Waals surface area contributed by atoms with E-state index in [1.165, 1.54) is 11.3 Å². The highest BCUT2D eigenvalue weighted by Crippen LogP contribution is 2.07. The van der Waals surface area contributed by atoms with Crippen molar-refractivity contribution in [2.45, 2.75) is 0 Å². The molecule has 0 atom stereocenters. The molecule has 0 fully saturated rings. The van der Waals surface area contributed by atoms with Crippen LogP contribution in [-0.4, -0.2) is 51.7 Å². The van der Waals surface area contributed by atoms with Crippen molar-refractivity contribution in [3.8, 4) is 0 Å². The van der Waals surface area contributed by atoms with E-state index in [9.17, 15) is 9.59 Å². The summed E-state index contributed by atoms with van der Waals surface area (Å²) >= 11 is 1.35. The van der Waals surface area contributed by atoms with Gasteiger partial charge in [0.2, 0.25) is 5.91 Å². The molecule has 1 heterocycles. The van der Waals surface area contributed by atoms with Gasteiger partial charge in [0.15, 0.2) is 0 Å². The normalized spacial score (nSPS) is 9.65. The third-order valence-electron chi connectivity index (χ3n) is 2.26. The first kappa shape index (κ1) is 18.9. The second-order valence-corrected chi connectivity index (χ2v) is 4.70. The van der Waals surface area contributed by atoms with Crippen molar-refractivity contribution in [1.29, 1.82) is 0 Å². The zero-order chi connectivity index (χ0) is 13.9. The Balaban J connectivity index is 0.00000361. The summed E-state index contributed by atoms with van der Waals surface area (Å²) in [5.41, 5.74) is 0. The predicted molar refractivity (Wildman–Crippen MR) is 81.7 cm³/mol. The molecule has 114 valence electrons. The zero-order valence-electron chi connectivity index (χ0n) is 11.3. The fourth-order valence-electron chi connectivity index (χ4n) is 1.31. The van der Waals surface area contributed by atoms with Crippen molar-refractivity contribution in [3.63, 3.8) is 0 Å². The van der Waals surface area contributed by atoms with Gasteiger partial charge in [-0.1, -0.05) is 6.07 Å². The van der Waals surface area contributed by atoms with Gasteiger partial charge in [0, 0.05) is 26.7 Å². The third kappa shape index (κ3) is 8.11. The van der Waals surface area contributed by atoms with E-state index in [1.807, 2.05) is 5.38 Å². The molecule has 1 aromatic rings. The molecule has 0 radical (unpaired) electrons. The Morgan fingerprint density at radius 3 is 2.70 bits per heavy atom. The minimum atomic E-state index is -0.219. The van der Waals surface area contributed by atoms with E-state index in [2.05, 4.69) is 16.0 Å². The minimum Gasteiger partial charge on any atom is -0.383 e. The van der Waals surface area contributed by atoms with Crippen LogP contribution >= 0.6 is 23.7 Å². The number of rotatable bonds is 9. The average molecular weight is 322 g/mol. The number of ether oxygens (including phenoxy) is 1. The van der Waals surface area contributed by atoms with Gasteiger partial charge in [0.05, 0.1) is 18.0 Å². The van der Waals surface area contributed by atoms with Crippen molar-refractivity contribution in [3.05, 3.63) is 22.4 Å². The molecule has 3 N–H and O–H groups in total. The Morgan fingerprint density at radius 2 is 2.05 bits per heavy atom. The number of hydrogen-bond donors (Lipinski definition) is 3. The lowest BCUT2D eigenvalue weighted by atomic mass is 10.4. The number of carbonyl (C=O) groups excluding carboxylic acids is 2. The maximum Gasteiger partial charge on any atom is 0.261 e. The van der Waals surface area contributed by atoms with Crippen molar-refractivity contribution >= 4 is 35.6 Å². The molecule has 1 aromatic heterocycles. The lowest BCUT2D eigenvalue weighted by Crippen LogP contribution is -2.39. The van der Waals surface area contributed by atoms with Crippen LogP contribution in [0.1, 0.15) is 9.67 Å². The van der Waals surface area contributed by atoms with Crippen LogP contribution < -0.4 is 16.0 Å². The van der Waals surface area contributed by atoms with Gasteiger partial charge in [0.1, 0.15) is 0 Å². The van der Waals surface area contributed by atoms with E-state index in [-0.39, 0.29) is 30.8 Å². The van der Waals surface area contributed by atoms with Crippen LogP contribution in [0.3, 0.4) is 0 Å². The number of halogens is 1. The van der Waals surface area contributed by atoms with Crippen LogP contribution in [0.2, 0.25) is 0 Å². The third-order valence-corrected chi connectivity index (χ3v) is 3.13. The molecule has 0 aliphatic rings. The molecule has 2 amide bonds. The summed E-state index contributed by atoms with van der Waals surface area (Å²) < 4.78 is 4.87. The monoisotopic (exact) mass is 321 g/mol. The van der Waals surface area contributed by atoms with Crippen molar-refractivity contribution in [1.82, 2.24) is 16.0 Å². The van der Waals surface area contributed by atoms with Gasteiger partial charge in [-0.15, -0.1) is 23.7 Å². The highest BCUT2D eigenvalue weighted by molar-refractivity contribution is 7.12. The predicted octanol–water partition coefficient (Wildman–Crippen LogP) is 0.252. The van der Waals surface area contributed by atoms with Crippen molar-refractivity contribution in [2.24, 2.45) is 0 Å². The lowest BCUT2D eigenvalue weighted by Gasteiger charge is -2.07. The van der Waals surface area contributed by atoms with E-state index in [0.29, 0.717) is 24.6 Å². The van der Waals surface area contributed by atoms with Gasteiger partial charge in [0.25, 0.3) is 5.91 Å². The molecule has 0 aliphatic carbocycles. The quantitative estimate of drug-likeness (QED) is 0.570. The van der Waals surface area contributed by atoms with Crippen LogP contribution in [0, 0.1) is 0 Å². The SMILES string of the molecule is COCCNCCNC(=O)CNC(=O)c1cccs1.Cl. The van der Waals surface area contributed by atoms with Gasteiger partial charge < -0.3 is 20.7 Å². The van der Waals surface area contributed by atoms with Gasteiger partial charge >= 0.3 is 0 Å². The molecule has 0 aromatic carbocycles. The number of nitrogens with one attached hydrogen (secondary N) is 3. The van der Waals surface area contributed by atoms with E-state index in [4.69, 9.17) is 4.74 Å². The maximum absolute atomic E-state index is 11.6. The summed E-state index contributed by atoms with van der Waals surface area (Å²) in [5, 5.41) is 10.2. The summed E-state index contributed by atoms with van der Waals surface area (Å²) in [6.07, 6.45) is 0. The largest absolute Gasteiger partial charge is 0.383 e. The average Bonchev–Trinajstić information content (AvgIpc) is 2.94. The van der Waals surface area contributed by atoms with Crippen molar-refractivity contribution in [2.75, 3.05) is 39.9 Å². The molecule has 0 unspecified atom stereocenters. The van der Waals surface area contributed by atoms with Gasteiger partial charge in [-0.25, -0.2) is 0 Å². The second kappa shape index (κ2) is 11.7. The van der Waals surface area contributed by atoms with Crippen molar-refractivity contribution < 1.29 is 14.3 Å². The fraction of sp³-hybridized carbons (Fsp3) is 0.500. The first-order chi connectivity index (χ1) is 9.24. The summed E-state index contributed by atoms with van der Waals surface area (Å²) in [5.74, 6) is -0.415. The molecule has 6 nitrogen and oxygen atoms in total. The molecule has 8 heteroatoms. The Hall–Kier alpha value is -1.15. The fourth-order valence-corrected chi connectivity index (χ4v) is 1.95. The van der Waals surface area contributed by atoms with Gasteiger partial charge in [-0.2, -0.15) is 0 Å². The van der Waals surface area contributed by atoms with E-state index >= 15 is 0 Å². The van der Waals surface area contributed by atoms with Crippen LogP contribution in [0.25, 0.3) is 0 Å². The van der Waals surface area contributed by atoms with Crippen LogP contribution in [0.4, 0.5) is 0 Å². The summed E-state index contributed by atoms with van der Waals surface area (Å²) in [6, 6.07) is 3.52. The number of amides is 2. The molecule has 0 bridgehead atoms. The molecule has 0 saturated carbocycles. The van der Waals surface area contributed by atoms with E-state index < -0.39 is 0 Å². The molecular formula is C12H20ClN3O3S. The lowest BCUT2D eigenvalue weighted by molar-refractivity contribution is -0.120. The first-order valence-electron chi connectivity index (χ1n) is 6.02. The minimum absolute atomic E-state index is 0. The number of methoxy groups -OCH3 is 1. The van der Waals surface area contributed by atoms with Crippen LogP contribution in [-0.2, 0) is 9.53 Å². The van der Waals surface area contributed by atoms with Crippen LogP contribution in [0.15, 0.2) is 17.5 Å². The Kier molecular flexibility index (Phi) is 11.0. The standard InChI is InChI=1S/C12H19N3O3S.ClH/c1-18-7-6-13-4-5-14-11(16)9-15-12(17)10-3-2-8-19-10;/h2-3,8,13H,4-7,9H2,1H3,(H,14,16)(H,15,17);1H. The van der Waals surface area contributed by atoms with Gasteiger partial charge in [-0.05, 0) is 11.4 Å².